The average Bonchev–Trinajstić information content (AvgIpc) is 3.88. The molecule has 0 fully saturated rings. The van der Waals surface area contributed by atoms with Crippen LogP contribution in [-0.4, -0.2) is 103 Å². The molecular formula is C40H48N2O10. The van der Waals surface area contributed by atoms with Gasteiger partial charge in [0, 0.05) is 48.6 Å². The summed E-state index contributed by atoms with van der Waals surface area (Å²) in [6.07, 6.45) is -0.141. The number of hydrogen-bond acceptors (Lipinski definition) is 12. The van der Waals surface area contributed by atoms with Gasteiger partial charge < -0.3 is 46.9 Å². The van der Waals surface area contributed by atoms with Crippen molar-refractivity contribution >= 4 is 0 Å². The molecule has 278 valence electrons. The predicted molar refractivity (Wildman–Crippen MR) is 196 cm³/mol. The Kier molecular flexibility index (Phi) is 15.7. The van der Waals surface area contributed by atoms with Crippen LogP contribution < -0.4 is 9.47 Å². The standard InChI is InChI=1S/C40H48N2O10/c1-29(47-22-20-45-18-16-43-3)27-49-35-12-8-31(9-13-35)37-25-39(51-41-37)33-6-5-7-34(24-33)40-26-38(42-52-40)32-10-14-36(15-11-32)50-28-30(2)48-23-21-46-19-17-44-4/h5-15,24-26,29-30H,16-23,27-28H2,1-4H3/t29-,30-/m0/s1. The van der Waals surface area contributed by atoms with Gasteiger partial charge in [0.1, 0.15) is 36.1 Å². The maximum absolute atomic E-state index is 5.90. The van der Waals surface area contributed by atoms with Crippen LogP contribution in [0.4, 0.5) is 0 Å². The first-order valence-electron chi connectivity index (χ1n) is 17.4. The summed E-state index contributed by atoms with van der Waals surface area (Å²) in [6, 6.07) is 27.2. The number of hydrogen-bond donors (Lipinski definition) is 0. The first-order chi connectivity index (χ1) is 25.5. The minimum Gasteiger partial charge on any atom is -0.491 e. The van der Waals surface area contributed by atoms with Crippen LogP contribution in [0.3, 0.4) is 0 Å². The van der Waals surface area contributed by atoms with E-state index in [0.717, 1.165) is 45.1 Å². The van der Waals surface area contributed by atoms with Crippen LogP contribution in [0, 0.1) is 0 Å². The second kappa shape index (κ2) is 21.1. The first kappa shape index (κ1) is 38.7. The largest absolute Gasteiger partial charge is 0.491 e. The van der Waals surface area contributed by atoms with E-state index >= 15 is 0 Å². The van der Waals surface area contributed by atoms with Crippen LogP contribution in [0.2, 0.25) is 0 Å². The minimum absolute atomic E-state index is 0.0706. The van der Waals surface area contributed by atoms with Crippen molar-refractivity contribution in [3.8, 4) is 56.7 Å². The third-order valence-electron chi connectivity index (χ3n) is 7.85. The minimum atomic E-state index is -0.0706. The number of benzene rings is 3. The molecule has 0 amide bonds. The molecular weight excluding hydrogens is 668 g/mol. The van der Waals surface area contributed by atoms with E-state index in [9.17, 15) is 0 Å². The van der Waals surface area contributed by atoms with Crippen molar-refractivity contribution in [2.75, 3.05) is 80.3 Å². The van der Waals surface area contributed by atoms with Gasteiger partial charge in [-0.3, -0.25) is 0 Å². The van der Waals surface area contributed by atoms with Gasteiger partial charge in [-0.05, 0) is 68.4 Å². The van der Waals surface area contributed by atoms with Crippen molar-refractivity contribution < 1.29 is 46.9 Å². The van der Waals surface area contributed by atoms with Gasteiger partial charge in [0.05, 0.1) is 65.1 Å². The van der Waals surface area contributed by atoms with E-state index in [4.69, 9.17) is 46.9 Å². The molecule has 52 heavy (non-hydrogen) atoms. The normalized spacial score (nSPS) is 12.5. The van der Waals surface area contributed by atoms with E-state index < -0.39 is 0 Å². The summed E-state index contributed by atoms with van der Waals surface area (Å²) < 4.78 is 55.5. The summed E-state index contributed by atoms with van der Waals surface area (Å²) in [5, 5.41) is 8.62. The van der Waals surface area contributed by atoms with Gasteiger partial charge in [-0.25, -0.2) is 0 Å². The third kappa shape index (κ3) is 12.3. The molecule has 0 radical (unpaired) electrons. The lowest BCUT2D eigenvalue weighted by Gasteiger charge is -2.14. The van der Waals surface area contributed by atoms with Gasteiger partial charge in [-0.15, -0.1) is 0 Å². The molecule has 0 saturated heterocycles. The maximum atomic E-state index is 5.90. The third-order valence-corrected chi connectivity index (χ3v) is 7.85. The van der Waals surface area contributed by atoms with Crippen LogP contribution in [0.5, 0.6) is 11.5 Å². The summed E-state index contributed by atoms with van der Waals surface area (Å²) in [5.74, 6) is 2.77. The molecule has 0 aliphatic heterocycles. The van der Waals surface area contributed by atoms with E-state index in [0.29, 0.717) is 77.6 Å². The molecule has 2 aromatic heterocycles. The van der Waals surface area contributed by atoms with Gasteiger partial charge in [0.15, 0.2) is 11.5 Å². The van der Waals surface area contributed by atoms with Crippen molar-refractivity contribution in [1.82, 2.24) is 10.3 Å². The highest BCUT2D eigenvalue weighted by Gasteiger charge is 2.14. The first-order valence-corrected chi connectivity index (χ1v) is 17.4. The van der Waals surface area contributed by atoms with Crippen LogP contribution in [0.25, 0.3) is 45.2 Å². The van der Waals surface area contributed by atoms with Gasteiger partial charge in [-0.2, -0.15) is 0 Å². The molecule has 0 spiro atoms. The Balaban J connectivity index is 1.10. The number of methoxy groups -OCH3 is 2. The highest BCUT2D eigenvalue weighted by molar-refractivity contribution is 5.73. The zero-order valence-corrected chi connectivity index (χ0v) is 30.3. The molecule has 0 aliphatic rings. The molecule has 0 unspecified atom stereocenters. The van der Waals surface area contributed by atoms with Crippen molar-refractivity contribution in [3.63, 3.8) is 0 Å². The fourth-order valence-electron chi connectivity index (χ4n) is 4.99. The number of aromatic nitrogens is 2. The Morgan fingerprint density at radius 1 is 0.500 bits per heavy atom. The summed E-state index contributed by atoms with van der Waals surface area (Å²) >= 11 is 0. The lowest BCUT2D eigenvalue weighted by atomic mass is 10.0. The second-order valence-corrected chi connectivity index (χ2v) is 12.0. The van der Waals surface area contributed by atoms with Gasteiger partial charge in [0.2, 0.25) is 0 Å². The zero-order valence-electron chi connectivity index (χ0n) is 30.3. The Labute approximate surface area is 304 Å². The molecule has 3 aromatic carbocycles. The molecule has 5 aromatic rings. The van der Waals surface area contributed by atoms with Crippen molar-refractivity contribution in [2.24, 2.45) is 0 Å². The van der Waals surface area contributed by atoms with Crippen LogP contribution in [-0.2, 0) is 28.4 Å². The number of rotatable bonds is 24. The number of nitrogens with zero attached hydrogens (tertiary/aromatic N) is 2. The summed E-state index contributed by atoms with van der Waals surface area (Å²) in [4.78, 5) is 0. The van der Waals surface area contributed by atoms with Gasteiger partial charge >= 0.3 is 0 Å². The molecule has 0 bridgehead atoms. The Morgan fingerprint density at radius 2 is 0.923 bits per heavy atom. The van der Waals surface area contributed by atoms with E-state index in [-0.39, 0.29) is 12.2 Å². The molecule has 12 nitrogen and oxygen atoms in total. The van der Waals surface area contributed by atoms with Crippen LogP contribution in [0.1, 0.15) is 13.8 Å². The highest BCUT2D eigenvalue weighted by Crippen LogP contribution is 2.32. The fraction of sp³-hybridized carbons (Fsp3) is 0.400. The highest BCUT2D eigenvalue weighted by atomic mass is 16.6. The summed E-state index contributed by atoms with van der Waals surface area (Å²) in [5.41, 5.74) is 4.99. The molecule has 12 heteroatoms. The molecule has 2 heterocycles. The molecule has 0 aliphatic carbocycles. The van der Waals surface area contributed by atoms with Crippen LogP contribution in [0.15, 0.2) is 94.0 Å². The summed E-state index contributed by atoms with van der Waals surface area (Å²) in [6.45, 7) is 9.09. The quantitative estimate of drug-likeness (QED) is 0.0599. The van der Waals surface area contributed by atoms with Gasteiger partial charge in [-0.1, -0.05) is 28.5 Å². The second-order valence-electron chi connectivity index (χ2n) is 12.0. The molecule has 2 atom stereocenters. The molecule has 0 N–H and O–H groups in total. The van der Waals surface area contributed by atoms with E-state index in [2.05, 4.69) is 10.3 Å². The Hall–Kier alpha value is -4.56. The SMILES string of the molecule is COCCOCCO[C@@H](C)COc1ccc(-c2cc(-c3cccc(-c4cc(-c5ccc(OC[C@H](C)OCCOCCOC)cc5)no4)c3)on2)cc1. The lowest BCUT2D eigenvalue weighted by Crippen LogP contribution is -2.20. The lowest BCUT2D eigenvalue weighted by molar-refractivity contribution is -0.0144. The molecule has 0 saturated carbocycles. The fourth-order valence-corrected chi connectivity index (χ4v) is 4.99. The monoisotopic (exact) mass is 716 g/mol. The predicted octanol–water partition coefficient (Wildman–Crippen LogP) is 7.22. The van der Waals surface area contributed by atoms with E-state index in [1.54, 1.807) is 14.2 Å². The van der Waals surface area contributed by atoms with E-state index in [1.165, 1.54) is 0 Å². The van der Waals surface area contributed by atoms with E-state index in [1.807, 2.05) is 98.8 Å². The topological polar surface area (TPSA) is 126 Å². The Bertz CT molecular complexity index is 1600. The summed E-state index contributed by atoms with van der Waals surface area (Å²) in [7, 11) is 3.30. The van der Waals surface area contributed by atoms with Crippen LogP contribution >= 0.6 is 0 Å². The Morgan fingerprint density at radius 3 is 1.35 bits per heavy atom. The number of ether oxygens (including phenoxy) is 8. The van der Waals surface area contributed by atoms with Crippen molar-refractivity contribution in [2.45, 2.75) is 26.1 Å². The van der Waals surface area contributed by atoms with Crippen molar-refractivity contribution in [3.05, 3.63) is 84.9 Å². The van der Waals surface area contributed by atoms with Gasteiger partial charge in [0.25, 0.3) is 0 Å². The average molecular weight is 717 g/mol. The molecule has 5 rings (SSSR count). The maximum Gasteiger partial charge on any atom is 0.167 e. The smallest absolute Gasteiger partial charge is 0.167 e. The zero-order chi connectivity index (χ0) is 36.4. The van der Waals surface area contributed by atoms with Crippen molar-refractivity contribution in [1.29, 1.82) is 0 Å².